The number of carbonyl (C=O) groups excluding carboxylic acids is 1. The van der Waals surface area contributed by atoms with Crippen LogP contribution >= 0.6 is 0 Å². The Morgan fingerprint density at radius 2 is 2.30 bits per heavy atom. The molecule has 2 heterocycles. The van der Waals surface area contributed by atoms with Crippen molar-refractivity contribution in [2.24, 2.45) is 0 Å². The summed E-state index contributed by atoms with van der Waals surface area (Å²) in [6.45, 7) is 3.01. The smallest absolute Gasteiger partial charge is 0.239 e. The van der Waals surface area contributed by atoms with E-state index in [0.717, 1.165) is 25.2 Å². The number of rotatable bonds is 6. The van der Waals surface area contributed by atoms with Crippen molar-refractivity contribution in [2.45, 2.75) is 25.8 Å². The molecule has 20 heavy (non-hydrogen) atoms. The van der Waals surface area contributed by atoms with Crippen LogP contribution < -0.4 is 16.0 Å². The summed E-state index contributed by atoms with van der Waals surface area (Å²) in [5, 5.41) is 9.15. The van der Waals surface area contributed by atoms with Gasteiger partial charge in [0.25, 0.3) is 0 Å². The molecule has 1 fully saturated rings. The number of amides is 1. The molecule has 3 N–H and O–H groups in total. The highest BCUT2D eigenvalue weighted by molar-refractivity contribution is 5.82. The number of carbonyl (C=O) groups is 1. The fourth-order valence-electron chi connectivity index (χ4n) is 1.99. The molecule has 0 aromatic carbocycles. The Labute approximate surface area is 116 Å². The maximum Gasteiger partial charge on any atom is 0.239 e. The van der Waals surface area contributed by atoms with Gasteiger partial charge in [0.15, 0.2) is 11.5 Å². The van der Waals surface area contributed by atoms with E-state index in [1.807, 2.05) is 23.7 Å². The first-order valence-corrected chi connectivity index (χ1v) is 6.87. The highest BCUT2D eigenvalue weighted by atomic mass is 16.2. The SMILES string of the molecule is CCNc1cn2ccnc2c(NCC(=O)NC2CC2)n1. The number of nitrogens with zero attached hydrogens (tertiary/aromatic N) is 3. The van der Waals surface area contributed by atoms with Gasteiger partial charge in [0, 0.05) is 25.0 Å². The predicted molar refractivity (Wildman–Crippen MR) is 76.8 cm³/mol. The Morgan fingerprint density at radius 1 is 1.45 bits per heavy atom. The predicted octanol–water partition coefficient (Wildman–Crippen LogP) is 0.852. The molecule has 2 aromatic rings. The molecule has 0 atom stereocenters. The minimum absolute atomic E-state index is 0.00661. The van der Waals surface area contributed by atoms with Crippen LogP contribution in [0.4, 0.5) is 11.6 Å². The summed E-state index contributed by atoms with van der Waals surface area (Å²) in [6, 6.07) is 0.372. The molecule has 0 spiro atoms. The molecule has 1 aliphatic carbocycles. The van der Waals surface area contributed by atoms with Crippen LogP contribution in [0.1, 0.15) is 19.8 Å². The number of hydrogen-bond donors (Lipinski definition) is 3. The monoisotopic (exact) mass is 274 g/mol. The molecule has 0 saturated heterocycles. The zero-order chi connectivity index (χ0) is 13.9. The lowest BCUT2D eigenvalue weighted by molar-refractivity contribution is -0.119. The summed E-state index contributed by atoms with van der Waals surface area (Å²) < 4.78 is 1.88. The van der Waals surface area contributed by atoms with Crippen molar-refractivity contribution >= 4 is 23.2 Å². The van der Waals surface area contributed by atoms with Crippen LogP contribution in [0.5, 0.6) is 0 Å². The lowest BCUT2D eigenvalue weighted by atomic mass is 10.5. The average Bonchev–Trinajstić information content (AvgIpc) is 3.11. The number of fused-ring (bicyclic) bond motifs is 1. The molecule has 1 saturated carbocycles. The summed E-state index contributed by atoms with van der Waals surface area (Å²) in [7, 11) is 0. The Balaban J connectivity index is 1.74. The number of aromatic nitrogens is 3. The Morgan fingerprint density at radius 3 is 3.05 bits per heavy atom. The van der Waals surface area contributed by atoms with Gasteiger partial charge in [-0.2, -0.15) is 0 Å². The van der Waals surface area contributed by atoms with Crippen molar-refractivity contribution in [1.29, 1.82) is 0 Å². The lowest BCUT2D eigenvalue weighted by Crippen LogP contribution is -2.31. The van der Waals surface area contributed by atoms with E-state index in [1.54, 1.807) is 6.20 Å². The largest absolute Gasteiger partial charge is 0.369 e. The molecule has 0 aliphatic heterocycles. The van der Waals surface area contributed by atoms with Gasteiger partial charge in [0.05, 0.1) is 12.7 Å². The lowest BCUT2D eigenvalue weighted by Gasteiger charge is -2.10. The van der Waals surface area contributed by atoms with Gasteiger partial charge >= 0.3 is 0 Å². The molecule has 7 nitrogen and oxygen atoms in total. The molecular weight excluding hydrogens is 256 g/mol. The summed E-state index contributed by atoms with van der Waals surface area (Å²) >= 11 is 0. The second-order valence-electron chi connectivity index (χ2n) is 4.86. The van der Waals surface area contributed by atoms with Crippen molar-refractivity contribution in [3.63, 3.8) is 0 Å². The quantitative estimate of drug-likeness (QED) is 0.727. The van der Waals surface area contributed by atoms with Gasteiger partial charge in [0.1, 0.15) is 5.82 Å². The number of nitrogens with one attached hydrogen (secondary N) is 3. The molecule has 0 unspecified atom stereocenters. The van der Waals surface area contributed by atoms with Crippen LogP contribution in [0, 0.1) is 0 Å². The minimum Gasteiger partial charge on any atom is -0.369 e. The zero-order valence-corrected chi connectivity index (χ0v) is 11.4. The van der Waals surface area contributed by atoms with Crippen LogP contribution in [-0.2, 0) is 4.79 Å². The number of imidazole rings is 1. The highest BCUT2D eigenvalue weighted by Gasteiger charge is 2.23. The third-order valence-corrected chi connectivity index (χ3v) is 3.09. The van der Waals surface area contributed by atoms with Crippen LogP contribution in [0.3, 0.4) is 0 Å². The van der Waals surface area contributed by atoms with Gasteiger partial charge in [-0.15, -0.1) is 0 Å². The molecule has 2 aromatic heterocycles. The Bertz CT molecular complexity index is 618. The molecule has 106 valence electrons. The Kier molecular flexibility index (Phi) is 3.41. The first-order valence-electron chi connectivity index (χ1n) is 6.87. The van der Waals surface area contributed by atoms with E-state index in [1.165, 1.54) is 0 Å². The van der Waals surface area contributed by atoms with E-state index < -0.39 is 0 Å². The third-order valence-electron chi connectivity index (χ3n) is 3.09. The number of anilines is 2. The molecule has 1 aliphatic rings. The topological polar surface area (TPSA) is 83.3 Å². The summed E-state index contributed by atoms with van der Waals surface area (Å²) in [5.41, 5.74) is 0.714. The van der Waals surface area contributed by atoms with E-state index in [4.69, 9.17) is 0 Å². The number of hydrogen-bond acceptors (Lipinski definition) is 5. The van der Waals surface area contributed by atoms with Gasteiger partial charge in [-0.1, -0.05) is 0 Å². The van der Waals surface area contributed by atoms with E-state index in [2.05, 4.69) is 25.9 Å². The molecule has 3 rings (SSSR count). The van der Waals surface area contributed by atoms with Crippen LogP contribution in [0.25, 0.3) is 5.65 Å². The molecule has 7 heteroatoms. The fraction of sp³-hybridized carbons (Fsp3) is 0.462. The van der Waals surface area contributed by atoms with E-state index in [0.29, 0.717) is 17.5 Å². The summed E-state index contributed by atoms with van der Waals surface area (Å²) in [4.78, 5) is 20.4. The van der Waals surface area contributed by atoms with Gasteiger partial charge in [-0.3, -0.25) is 4.79 Å². The Hall–Kier alpha value is -2.31. The molecule has 0 bridgehead atoms. The minimum atomic E-state index is -0.00661. The normalized spacial score (nSPS) is 14.2. The standard InChI is InChI=1S/C13H18N6O/c1-2-14-10-8-19-6-5-15-13(19)12(18-10)16-7-11(20)17-9-3-4-9/h5-6,8-9,14H,2-4,7H2,1H3,(H,16,18)(H,17,20). The summed E-state index contributed by atoms with van der Waals surface area (Å²) in [6.07, 6.45) is 7.62. The highest BCUT2D eigenvalue weighted by Crippen LogP contribution is 2.19. The van der Waals surface area contributed by atoms with Crippen molar-refractivity contribution in [3.8, 4) is 0 Å². The molecule has 0 radical (unpaired) electrons. The van der Waals surface area contributed by atoms with E-state index in [9.17, 15) is 4.79 Å². The van der Waals surface area contributed by atoms with Crippen LogP contribution in [-0.4, -0.2) is 39.4 Å². The van der Waals surface area contributed by atoms with E-state index >= 15 is 0 Å². The second kappa shape index (κ2) is 5.36. The van der Waals surface area contributed by atoms with Gasteiger partial charge < -0.3 is 20.4 Å². The maximum atomic E-state index is 11.7. The van der Waals surface area contributed by atoms with Crippen molar-refractivity contribution in [3.05, 3.63) is 18.6 Å². The summed E-state index contributed by atoms with van der Waals surface area (Å²) in [5.74, 6) is 1.36. The van der Waals surface area contributed by atoms with Crippen LogP contribution in [0.2, 0.25) is 0 Å². The fourth-order valence-corrected chi connectivity index (χ4v) is 1.99. The maximum absolute atomic E-state index is 11.7. The molecular formula is C13H18N6O. The van der Waals surface area contributed by atoms with Crippen LogP contribution in [0.15, 0.2) is 18.6 Å². The zero-order valence-electron chi connectivity index (χ0n) is 11.4. The van der Waals surface area contributed by atoms with Crippen molar-refractivity contribution in [2.75, 3.05) is 23.7 Å². The first-order chi connectivity index (χ1) is 9.76. The third kappa shape index (κ3) is 2.81. The molecule has 1 amide bonds. The second-order valence-corrected chi connectivity index (χ2v) is 4.86. The average molecular weight is 274 g/mol. The van der Waals surface area contributed by atoms with Gasteiger partial charge in [0.2, 0.25) is 5.91 Å². The first kappa shape index (κ1) is 12.7. The van der Waals surface area contributed by atoms with Gasteiger partial charge in [-0.25, -0.2) is 9.97 Å². The van der Waals surface area contributed by atoms with E-state index in [-0.39, 0.29) is 12.5 Å². The van der Waals surface area contributed by atoms with Crippen molar-refractivity contribution < 1.29 is 4.79 Å². The van der Waals surface area contributed by atoms with Crippen molar-refractivity contribution in [1.82, 2.24) is 19.7 Å². The van der Waals surface area contributed by atoms with Gasteiger partial charge in [-0.05, 0) is 19.8 Å².